The molecular formula is C68H103BN2O3. The second-order valence-electron chi connectivity index (χ2n) is 21.8. The van der Waals surface area contributed by atoms with Crippen LogP contribution in [0.5, 0.6) is 0 Å². The van der Waals surface area contributed by atoms with Gasteiger partial charge < -0.3 is 23.7 Å². The highest BCUT2D eigenvalue weighted by Crippen LogP contribution is 2.50. The summed E-state index contributed by atoms with van der Waals surface area (Å²) in [6.45, 7) is 30.2. The van der Waals surface area contributed by atoms with Gasteiger partial charge >= 0.3 is 0 Å². The molecule has 6 rings (SSSR count). The van der Waals surface area contributed by atoms with Gasteiger partial charge in [-0.25, -0.2) is 0 Å². The van der Waals surface area contributed by atoms with E-state index in [1.54, 1.807) is 0 Å². The molecule has 0 N–H and O–H groups in total. The molecule has 0 heterocycles. The second-order valence-corrected chi connectivity index (χ2v) is 21.8. The van der Waals surface area contributed by atoms with Gasteiger partial charge in [-0.1, -0.05) is 247 Å². The summed E-state index contributed by atoms with van der Waals surface area (Å²) in [6, 6.07) is 46.0. The summed E-state index contributed by atoms with van der Waals surface area (Å²) < 4.78 is 7.63. The molecule has 6 aromatic rings. The Labute approximate surface area is 453 Å². The highest BCUT2D eigenvalue weighted by Gasteiger charge is 2.39. The first-order valence-corrected chi connectivity index (χ1v) is 30.3. The Balaban J connectivity index is 0.000000290. The summed E-state index contributed by atoms with van der Waals surface area (Å²) in [5.41, 5.74) is 3.40. The van der Waals surface area contributed by atoms with E-state index in [1.165, 1.54) is 213 Å². The molecule has 0 aliphatic carbocycles. The quantitative estimate of drug-likeness (QED) is 0.0175. The number of quaternary nitrogens is 2. The molecule has 406 valence electrons. The fraction of sp³-hybridized carbons (Fsp3) is 0.559. The van der Waals surface area contributed by atoms with Crippen molar-refractivity contribution in [1.82, 2.24) is 0 Å². The highest BCUT2D eigenvalue weighted by atomic mass is 16.6. The Kier molecular flexibility index (Phi) is 29.8. The molecule has 0 aromatic heterocycles. The van der Waals surface area contributed by atoms with Crippen molar-refractivity contribution in [3.05, 3.63) is 144 Å². The molecule has 5 nitrogen and oxygen atoms in total. The number of hydrogen-bond acceptors (Lipinski definition) is 3. The van der Waals surface area contributed by atoms with Gasteiger partial charge in [0.2, 0.25) is 0 Å². The van der Waals surface area contributed by atoms with Crippen LogP contribution in [0.4, 0.5) is 0 Å². The van der Waals surface area contributed by atoms with E-state index in [1.807, 2.05) is 0 Å². The van der Waals surface area contributed by atoms with Crippen molar-refractivity contribution < 1.29 is 23.7 Å². The minimum Gasteiger partial charge on any atom is -0.871 e. The fourth-order valence-electron chi connectivity index (χ4n) is 11.8. The van der Waals surface area contributed by atoms with Gasteiger partial charge in [0.15, 0.2) is 0 Å². The first-order chi connectivity index (χ1) is 36.2. The number of hydrogen-bond donors (Lipinski definition) is 0. The lowest BCUT2D eigenvalue weighted by molar-refractivity contribution is -0.929. The largest absolute Gasteiger partial charge is 0.871 e. The molecule has 0 atom stereocenters. The Bertz CT molecular complexity index is 2080. The Hall–Kier alpha value is -4.04. The summed E-state index contributed by atoms with van der Waals surface area (Å²) in [5, 5.41) is 29.1. The first kappa shape index (κ1) is 62.5. The topological polar surface area (TPSA) is 55.3 Å². The normalized spacial score (nSPS) is 11.9. The summed E-state index contributed by atoms with van der Waals surface area (Å²) in [6.07, 6.45) is 25.4. The predicted molar refractivity (Wildman–Crippen MR) is 321 cm³/mol. The Morgan fingerprint density at radius 2 is 0.608 bits per heavy atom. The van der Waals surface area contributed by atoms with Crippen LogP contribution in [-0.4, -0.2) is 75.3 Å². The second kappa shape index (κ2) is 35.3. The van der Waals surface area contributed by atoms with Crippen LogP contribution in [0.15, 0.2) is 127 Å². The van der Waals surface area contributed by atoms with Crippen molar-refractivity contribution in [3.8, 4) is 0 Å². The molecule has 0 bridgehead atoms. The van der Waals surface area contributed by atoms with Crippen molar-refractivity contribution in [2.45, 2.75) is 189 Å². The zero-order valence-corrected chi connectivity index (χ0v) is 48.3. The molecule has 0 unspecified atom stereocenters. The first-order valence-electron chi connectivity index (χ1n) is 30.3. The standard InChI is InChI=1S/C36H31BO3.2C16H36N/c38-37(39)40-26-9-1-8-25-36(33-22-10-16-27-13-2-5-19-30(27)33,34-23-11-17-28-14-3-6-20-31(28)34)35-24-12-18-29-15-4-7-21-32(29)35;2*1-5-9-13-17(14-10-6-2,15-11-7-3)16-12-8-4/h2-7,10-24H,1,8-9,25-26H2;2*5-16H2,1-4H3/q-2;2*+1. The van der Waals surface area contributed by atoms with Crippen LogP contribution in [0.3, 0.4) is 0 Å². The lowest BCUT2D eigenvalue weighted by Gasteiger charge is -2.39. The van der Waals surface area contributed by atoms with Gasteiger partial charge in [-0.15, -0.1) is 0 Å². The minimum atomic E-state index is -2.22. The number of unbranched alkanes of at least 4 members (excludes halogenated alkanes) is 10. The molecule has 0 saturated heterocycles. The van der Waals surface area contributed by atoms with Gasteiger partial charge in [-0.3, -0.25) is 0 Å². The van der Waals surface area contributed by atoms with Crippen LogP contribution in [0.2, 0.25) is 0 Å². The Morgan fingerprint density at radius 1 is 0.338 bits per heavy atom. The summed E-state index contributed by atoms with van der Waals surface area (Å²) in [4.78, 5) is 0. The number of nitrogens with zero attached hydrogens (tertiary/aromatic N) is 2. The maximum absolute atomic E-state index is 10.9. The third-order valence-electron chi connectivity index (χ3n) is 16.1. The van der Waals surface area contributed by atoms with Crippen LogP contribution >= 0.6 is 0 Å². The summed E-state index contributed by atoms with van der Waals surface area (Å²) in [7, 11) is -2.22. The molecule has 0 aliphatic heterocycles. The third-order valence-corrected chi connectivity index (χ3v) is 16.1. The lowest BCUT2D eigenvalue weighted by Crippen LogP contribution is -2.50. The van der Waals surface area contributed by atoms with E-state index < -0.39 is 12.7 Å². The van der Waals surface area contributed by atoms with E-state index in [0.717, 1.165) is 19.3 Å². The van der Waals surface area contributed by atoms with E-state index >= 15 is 0 Å². The predicted octanol–water partition coefficient (Wildman–Crippen LogP) is 16.8. The van der Waals surface area contributed by atoms with Crippen LogP contribution < -0.4 is 10.0 Å². The van der Waals surface area contributed by atoms with Crippen molar-refractivity contribution in [2.24, 2.45) is 0 Å². The molecule has 6 aromatic carbocycles. The summed E-state index contributed by atoms with van der Waals surface area (Å²) >= 11 is 0. The van der Waals surface area contributed by atoms with Crippen LogP contribution in [-0.2, 0) is 10.1 Å². The molecular weight excluding hydrogens is 904 g/mol. The molecule has 74 heavy (non-hydrogen) atoms. The molecule has 0 saturated carbocycles. The molecule has 0 fully saturated rings. The van der Waals surface area contributed by atoms with E-state index in [9.17, 15) is 10.0 Å². The van der Waals surface area contributed by atoms with E-state index in [-0.39, 0.29) is 6.61 Å². The van der Waals surface area contributed by atoms with Crippen LogP contribution in [0.25, 0.3) is 32.3 Å². The fourth-order valence-corrected chi connectivity index (χ4v) is 11.8. The van der Waals surface area contributed by atoms with Gasteiger partial charge in [0.05, 0.1) is 59.7 Å². The molecule has 0 spiro atoms. The number of fused-ring (bicyclic) bond motifs is 3. The zero-order valence-electron chi connectivity index (χ0n) is 48.3. The smallest absolute Gasteiger partial charge is 0.0786 e. The minimum absolute atomic E-state index is 0.196. The van der Waals surface area contributed by atoms with Crippen molar-refractivity contribution in [2.75, 3.05) is 59.0 Å². The van der Waals surface area contributed by atoms with Gasteiger partial charge in [0, 0.05) is 12.0 Å². The van der Waals surface area contributed by atoms with Crippen molar-refractivity contribution in [1.29, 1.82) is 0 Å². The van der Waals surface area contributed by atoms with E-state index in [2.05, 4.69) is 183 Å². The third kappa shape index (κ3) is 18.9. The van der Waals surface area contributed by atoms with Gasteiger partial charge in [0.1, 0.15) is 0 Å². The zero-order chi connectivity index (χ0) is 53.3. The van der Waals surface area contributed by atoms with E-state index in [4.69, 9.17) is 4.65 Å². The highest BCUT2D eigenvalue weighted by molar-refractivity contribution is 6.28. The van der Waals surface area contributed by atoms with Crippen molar-refractivity contribution >= 4 is 39.6 Å². The maximum atomic E-state index is 10.9. The van der Waals surface area contributed by atoms with Gasteiger partial charge in [-0.05, 0) is 113 Å². The molecule has 0 aliphatic rings. The SMILES string of the molecule is CCCC[N+](CCCC)(CCCC)CCCC.CCCC[N+](CCCC)(CCCC)CCCC.[O-]B([O-])OCCCCCC(c1cccc2ccccc12)(c1cccc2ccccc12)c1cccc2ccccc12. The van der Waals surface area contributed by atoms with Crippen molar-refractivity contribution in [3.63, 3.8) is 0 Å². The average molecular weight is 1010 g/mol. The van der Waals surface area contributed by atoms with Crippen LogP contribution in [0, 0.1) is 0 Å². The van der Waals surface area contributed by atoms with Gasteiger partial charge in [0.25, 0.3) is 0 Å². The number of rotatable bonds is 34. The average Bonchev–Trinajstić information content (AvgIpc) is 3.44. The maximum Gasteiger partial charge on any atom is 0.0786 e. The molecule has 6 heteroatoms. The summed E-state index contributed by atoms with van der Waals surface area (Å²) in [5.74, 6) is 0. The lowest BCUT2D eigenvalue weighted by atomic mass is 9.63. The monoisotopic (exact) mass is 1010 g/mol. The molecule has 0 amide bonds. The van der Waals surface area contributed by atoms with E-state index in [0.29, 0.717) is 6.42 Å². The Morgan fingerprint density at radius 3 is 0.878 bits per heavy atom. The molecule has 0 radical (unpaired) electrons. The van der Waals surface area contributed by atoms with Crippen LogP contribution in [0.1, 0.15) is 200 Å². The van der Waals surface area contributed by atoms with Gasteiger partial charge in [-0.2, -0.15) is 0 Å². The number of benzene rings is 6.